The minimum Gasteiger partial charge on any atom is -0.478 e. The van der Waals surface area contributed by atoms with E-state index in [1.165, 1.54) is 11.1 Å². The van der Waals surface area contributed by atoms with Crippen molar-refractivity contribution in [2.45, 2.75) is 46.0 Å². The molecule has 0 heterocycles. The summed E-state index contributed by atoms with van der Waals surface area (Å²) >= 11 is 0. The molecule has 2 heteroatoms. The first kappa shape index (κ1) is 16.3. The third kappa shape index (κ3) is 3.56. The first-order valence-corrected chi connectivity index (χ1v) is 7.71. The molecular formula is C20H24O2. The normalized spacial score (nSPS) is 11.5. The molecule has 2 rings (SSSR count). The standard InChI is InChI=1S/C20H24O2/c1-14-8-5-6-9-15(14)12-13-16-10-7-11-17(19(21)22)18(16)20(2,3)4/h5-11H,12-13H2,1-4H3,(H,21,22). The van der Waals surface area contributed by atoms with Crippen LogP contribution in [0.5, 0.6) is 0 Å². The smallest absolute Gasteiger partial charge is 0.335 e. The second-order valence-electron chi connectivity index (χ2n) is 6.82. The third-order valence-corrected chi connectivity index (χ3v) is 4.06. The van der Waals surface area contributed by atoms with Crippen LogP contribution < -0.4 is 0 Å². The number of carbonyl (C=O) groups is 1. The maximum Gasteiger partial charge on any atom is 0.335 e. The maximum atomic E-state index is 11.5. The molecule has 116 valence electrons. The Morgan fingerprint density at radius 2 is 1.55 bits per heavy atom. The average Bonchev–Trinajstić information content (AvgIpc) is 2.45. The lowest BCUT2D eigenvalue weighted by molar-refractivity contribution is 0.0694. The van der Waals surface area contributed by atoms with Gasteiger partial charge in [0.05, 0.1) is 5.56 Å². The van der Waals surface area contributed by atoms with Crippen molar-refractivity contribution in [3.05, 3.63) is 70.3 Å². The molecule has 2 aromatic carbocycles. The summed E-state index contributed by atoms with van der Waals surface area (Å²) in [4.78, 5) is 11.5. The van der Waals surface area contributed by atoms with Gasteiger partial charge in [-0.25, -0.2) is 4.79 Å². The van der Waals surface area contributed by atoms with Gasteiger partial charge in [-0.3, -0.25) is 0 Å². The highest BCUT2D eigenvalue weighted by molar-refractivity contribution is 5.90. The summed E-state index contributed by atoms with van der Waals surface area (Å²) in [6.45, 7) is 8.35. The molecule has 0 bridgehead atoms. The van der Waals surface area contributed by atoms with Crippen LogP contribution in [0, 0.1) is 6.92 Å². The Labute approximate surface area is 132 Å². The zero-order chi connectivity index (χ0) is 16.3. The molecule has 0 fully saturated rings. The van der Waals surface area contributed by atoms with Crippen molar-refractivity contribution in [1.82, 2.24) is 0 Å². The molecular weight excluding hydrogens is 272 g/mol. The highest BCUT2D eigenvalue weighted by Crippen LogP contribution is 2.30. The maximum absolute atomic E-state index is 11.5. The third-order valence-electron chi connectivity index (χ3n) is 4.06. The van der Waals surface area contributed by atoms with Crippen LogP contribution in [0.2, 0.25) is 0 Å². The molecule has 0 saturated carbocycles. The van der Waals surface area contributed by atoms with Gasteiger partial charge in [0.25, 0.3) is 0 Å². The van der Waals surface area contributed by atoms with Gasteiger partial charge in [0.1, 0.15) is 0 Å². The molecule has 0 aliphatic rings. The van der Waals surface area contributed by atoms with Crippen LogP contribution in [0.1, 0.15) is 53.4 Å². The first-order chi connectivity index (χ1) is 10.3. The summed E-state index contributed by atoms with van der Waals surface area (Å²) < 4.78 is 0. The summed E-state index contributed by atoms with van der Waals surface area (Å²) in [5.74, 6) is -0.845. The summed E-state index contributed by atoms with van der Waals surface area (Å²) in [6, 6.07) is 14.0. The lowest BCUT2D eigenvalue weighted by Crippen LogP contribution is -2.20. The van der Waals surface area contributed by atoms with Gasteiger partial charge in [-0.05, 0) is 53.5 Å². The second kappa shape index (κ2) is 6.35. The Kier molecular flexibility index (Phi) is 4.70. The molecule has 1 N–H and O–H groups in total. The number of carboxylic acids is 1. The minimum atomic E-state index is -0.845. The van der Waals surface area contributed by atoms with Crippen LogP contribution in [-0.2, 0) is 18.3 Å². The topological polar surface area (TPSA) is 37.3 Å². The van der Waals surface area contributed by atoms with Crippen molar-refractivity contribution in [2.75, 3.05) is 0 Å². The van der Waals surface area contributed by atoms with Crippen molar-refractivity contribution in [3.8, 4) is 0 Å². The van der Waals surface area contributed by atoms with Gasteiger partial charge >= 0.3 is 5.97 Å². The Bertz CT molecular complexity index is 678. The summed E-state index contributed by atoms with van der Waals surface area (Å²) in [6.07, 6.45) is 1.79. The lowest BCUT2D eigenvalue weighted by Gasteiger charge is -2.25. The monoisotopic (exact) mass is 296 g/mol. The van der Waals surface area contributed by atoms with Crippen molar-refractivity contribution >= 4 is 5.97 Å². The molecule has 0 spiro atoms. The van der Waals surface area contributed by atoms with Crippen LogP contribution in [0.3, 0.4) is 0 Å². The van der Waals surface area contributed by atoms with Gasteiger partial charge < -0.3 is 5.11 Å². The number of hydrogen-bond donors (Lipinski definition) is 1. The Morgan fingerprint density at radius 3 is 2.14 bits per heavy atom. The van der Waals surface area contributed by atoms with E-state index in [-0.39, 0.29) is 5.41 Å². The van der Waals surface area contributed by atoms with E-state index in [4.69, 9.17) is 0 Å². The number of hydrogen-bond acceptors (Lipinski definition) is 1. The van der Waals surface area contributed by atoms with Gasteiger partial charge in [0.15, 0.2) is 0 Å². The van der Waals surface area contributed by atoms with Crippen LogP contribution >= 0.6 is 0 Å². The van der Waals surface area contributed by atoms with Crippen molar-refractivity contribution in [2.24, 2.45) is 0 Å². The van der Waals surface area contributed by atoms with E-state index in [1.54, 1.807) is 6.07 Å². The molecule has 0 aromatic heterocycles. The molecule has 2 aromatic rings. The van der Waals surface area contributed by atoms with Crippen molar-refractivity contribution in [1.29, 1.82) is 0 Å². The number of benzene rings is 2. The van der Waals surface area contributed by atoms with Gasteiger partial charge in [-0.1, -0.05) is 57.2 Å². The van der Waals surface area contributed by atoms with Crippen LogP contribution in [0.25, 0.3) is 0 Å². The second-order valence-corrected chi connectivity index (χ2v) is 6.82. The molecule has 0 amide bonds. The summed E-state index contributed by atoms with van der Waals surface area (Å²) in [5, 5.41) is 9.48. The SMILES string of the molecule is Cc1ccccc1CCc1cccc(C(=O)O)c1C(C)(C)C. The van der Waals surface area contributed by atoms with Gasteiger partial charge in [-0.2, -0.15) is 0 Å². The fraction of sp³-hybridized carbons (Fsp3) is 0.350. The summed E-state index contributed by atoms with van der Waals surface area (Å²) in [5.41, 5.74) is 4.94. The molecule has 22 heavy (non-hydrogen) atoms. The number of aryl methyl sites for hydroxylation is 3. The van der Waals surface area contributed by atoms with Crippen molar-refractivity contribution in [3.63, 3.8) is 0 Å². The molecule has 0 unspecified atom stereocenters. The molecule has 2 nitrogen and oxygen atoms in total. The van der Waals surface area contributed by atoms with E-state index in [0.29, 0.717) is 5.56 Å². The highest BCUT2D eigenvalue weighted by atomic mass is 16.4. The average molecular weight is 296 g/mol. The first-order valence-electron chi connectivity index (χ1n) is 7.71. The van der Waals surface area contributed by atoms with Gasteiger partial charge in [0, 0.05) is 0 Å². The number of rotatable bonds is 4. The van der Waals surface area contributed by atoms with Crippen LogP contribution in [0.4, 0.5) is 0 Å². The molecule has 0 saturated heterocycles. The van der Waals surface area contributed by atoms with E-state index < -0.39 is 5.97 Å². The minimum absolute atomic E-state index is 0.184. The van der Waals surface area contributed by atoms with E-state index in [0.717, 1.165) is 24.0 Å². The Hall–Kier alpha value is -2.09. The van der Waals surface area contributed by atoms with Gasteiger partial charge in [0.2, 0.25) is 0 Å². The number of carboxylic acid groups (broad SMARTS) is 1. The number of aromatic carboxylic acids is 1. The van der Waals surface area contributed by atoms with E-state index in [1.807, 2.05) is 12.1 Å². The fourth-order valence-corrected chi connectivity index (χ4v) is 3.03. The van der Waals surface area contributed by atoms with E-state index >= 15 is 0 Å². The highest BCUT2D eigenvalue weighted by Gasteiger charge is 2.24. The fourth-order valence-electron chi connectivity index (χ4n) is 3.03. The quantitative estimate of drug-likeness (QED) is 0.882. The van der Waals surface area contributed by atoms with Crippen LogP contribution in [-0.4, -0.2) is 11.1 Å². The largest absolute Gasteiger partial charge is 0.478 e. The zero-order valence-corrected chi connectivity index (χ0v) is 13.8. The molecule has 0 radical (unpaired) electrons. The molecule has 0 atom stereocenters. The molecule has 0 aliphatic heterocycles. The zero-order valence-electron chi connectivity index (χ0n) is 13.8. The van der Waals surface area contributed by atoms with Crippen LogP contribution in [0.15, 0.2) is 42.5 Å². The Balaban J connectivity index is 2.37. The lowest BCUT2D eigenvalue weighted by atomic mass is 9.79. The Morgan fingerprint density at radius 1 is 0.955 bits per heavy atom. The predicted molar refractivity (Wildman–Crippen MR) is 90.7 cm³/mol. The van der Waals surface area contributed by atoms with Gasteiger partial charge in [-0.15, -0.1) is 0 Å². The predicted octanol–water partition coefficient (Wildman–Crippen LogP) is 4.78. The van der Waals surface area contributed by atoms with Crippen molar-refractivity contribution < 1.29 is 9.90 Å². The van der Waals surface area contributed by atoms with E-state index in [9.17, 15) is 9.90 Å². The summed E-state index contributed by atoms with van der Waals surface area (Å²) in [7, 11) is 0. The van der Waals surface area contributed by atoms with E-state index in [2.05, 4.69) is 52.0 Å². The molecule has 0 aliphatic carbocycles.